The van der Waals surface area contributed by atoms with Crippen molar-refractivity contribution < 1.29 is 28.7 Å². The van der Waals surface area contributed by atoms with E-state index in [0.717, 1.165) is 21.2 Å². The molecule has 244 valence electrons. The van der Waals surface area contributed by atoms with Gasteiger partial charge < -0.3 is 15.4 Å². The normalized spacial score (nSPS) is 15.0. The first-order valence-electron chi connectivity index (χ1n) is 15.7. The Morgan fingerprint density at radius 2 is 1.37 bits per heavy atom. The molecule has 1 heterocycles. The molecule has 0 saturated carbocycles. The van der Waals surface area contributed by atoms with Gasteiger partial charge in [-0.25, -0.2) is 0 Å². The van der Waals surface area contributed by atoms with Gasteiger partial charge in [0.2, 0.25) is 11.8 Å². The summed E-state index contributed by atoms with van der Waals surface area (Å²) in [4.78, 5) is 67.9. The Balaban J connectivity index is 1.55. The van der Waals surface area contributed by atoms with E-state index in [-0.39, 0.29) is 31.2 Å². The van der Waals surface area contributed by atoms with E-state index in [1.54, 1.807) is 32.9 Å². The quantitative estimate of drug-likeness (QED) is 0.192. The lowest BCUT2D eigenvalue weighted by Crippen LogP contribution is -2.57. The van der Waals surface area contributed by atoms with Gasteiger partial charge in [-0.3, -0.25) is 34.2 Å². The monoisotopic (exact) mass is 628 g/mol. The Morgan fingerprint density at radius 1 is 0.804 bits per heavy atom. The summed E-state index contributed by atoms with van der Waals surface area (Å²) in [5, 5.41) is 10.4. The fourth-order valence-electron chi connectivity index (χ4n) is 5.55. The number of ether oxygens (including phenoxy) is 1. The minimum absolute atomic E-state index is 0.0185. The minimum atomic E-state index is -1.02. The summed E-state index contributed by atoms with van der Waals surface area (Å²) in [6, 6.07) is 17.6. The van der Waals surface area contributed by atoms with E-state index in [1.807, 2.05) is 68.4 Å². The van der Waals surface area contributed by atoms with Gasteiger partial charge in [-0.2, -0.15) is 0 Å². The average Bonchev–Trinajstić information content (AvgIpc) is 3.23. The second-order valence-corrected chi connectivity index (χ2v) is 13.1. The molecule has 0 aromatic heterocycles. The Bertz CT molecular complexity index is 1540. The lowest BCUT2D eigenvalue weighted by atomic mass is 9.99. The number of carbonyl (C=O) groups excluding carboxylic acids is 5. The summed E-state index contributed by atoms with van der Waals surface area (Å²) in [7, 11) is 1.51. The van der Waals surface area contributed by atoms with Crippen molar-refractivity contribution in [2.75, 3.05) is 13.6 Å². The molecule has 0 spiro atoms. The number of hydrogen-bond donors (Lipinski definition) is 3. The Morgan fingerprint density at radius 3 is 1.89 bits per heavy atom. The molecule has 4 rings (SSSR count). The van der Waals surface area contributed by atoms with E-state index >= 15 is 0 Å². The smallest absolute Gasteiger partial charge is 0.323 e. The number of nitrogens with one attached hydrogen (secondary N) is 3. The molecule has 0 saturated heterocycles. The van der Waals surface area contributed by atoms with Crippen LogP contribution in [0.15, 0.2) is 66.7 Å². The minimum Gasteiger partial charge on any atom is -0.459 e. The number of imide groups is 1. The van der Waals surface area contributed by atoms with E-state index < -0.39 is 47.4 Å². The first-order valence-corrected chi connectivity index (χ1v) is 15.7. The number of esters is 1. The van der Waals surface area contributed by atoms with Crippen LogP contribution in [-0.2, 0) is 25.5 Å². The van der Waals surface area contributed by atoms with Crippen LogP contribution in [0.4, 0.5) is 0 Å². The molecule has 10 nitrogen and oxygen atoms in total. The fourth-order valence-corrected chi connectivity index (χ4v) is 5.55. The average molecular weight is 629 g/mol. The Hall–Kier alpha value is -4.57. The molecule has 0 fully saturated rings. The van der Waals surface area contributed by atoms with Gasteiger partial charge in [-0.1, -0.05) is 68.4 Å². The van der Waals surface area contributed by atoms with E-state index in [1.165, 1.54) is 7.05 Å². The Labute approximate surface area is 270 Å². The zero-order valence-electron chi connectivity index (χ0n) is 27.4. The van der Waals surface area contributed by atoms with Gasteiger partial charge in [0.1, 0.15) is 17.7 Å². The largest absolute Gasteiger partial charge is 0.459 e. The van der Waals surface area contributed by atoms with Crippen LogP contribution in [0.5, 0.6) is 0 Å². The lowest BCUT2D eigenvalue weighted by Gasteiger charge is -2.30. The van der Waals surface area contributed by atoms with Crippen LogP contribution >= 0.6 is 0 Å². The highest BCUT2D eigenvalue weighted by Gasteiger charge is 2.38. The van der Waals surface area contributed by atoms with Gasteiger partial charge in [0.05, 0.1) is 17.2 Å². The van der Waals surface area contributed by atoms with Crippen molar-refractivity contribution in [2.45, 2.75) is 77.6 Å². The van der Waals surface area contributed by atoms with Gasteiger partial charge in [0.15, 0.2) is 0 Å². The van der Waals surface area contributed by atoms with Gasteiger partial charge in [-0.05, 0) is 68.0 Å². The van der Waals surface area contributed by atoms with Crippen LogP contribution in [-0.4, -0.2) is 71.8 Å². The summed E-state index contributed by atoms with van der Waals surface area (Å²) in [6.07, 6.45) is 0.659. The SMILES string of the molecule is CNC(=O)[C@H](Cc1ccccc1)NC(=O)[C@H](CC(C)C)N[C@H](CCN1C(=O)c2cc3ccccc3cc2C1=O)C(=O)OC(C)(C)C. The van der Waals surface area contributed by atoms with Crippen LogP contribution in [0.1, 0.15) is 73.7 Å². The van der Waals surface area contributed by atoms with E-state index in [2.05, 4.69) is 16.0 Å². The van der Waals surface area contributed by atoms with Crippen LogP contribution < -0.4 is 16.0 Å². The fraction of sp³-hybridized carbons (Fsp3) is 0.417. The molecule has 3 aromatic rings. The maximum atomic E-state index is 13.7. The van der Waals surface area contributed by atoms with Crippen LogP contribution in [0.2, 0.25) is 0 Å². The summed E-state index contributed by atoms with van der Waals surface area (Å²) < 4.78 is 5.70. The molecule has 0 unspecified atom stereocenters. The highest BCUT2D eigenvalue weighted by atomic mass is 16.6. The van der Waals surface area contributed by atoms with Crippen LogP contribution in [0.3, 0.4) is 0 Å². The predicted octanol–water partition coefficient (Wildman–Crippen LogP) is 4.01. The Kier molecular flexibility index (Phi) is 11.0. The van der Waals surface area contributed by atoms with E-state index in [4.69, 9.17) is 4.74 Å². The maximum absolute atomic E-state index is 13.7. The molecular formula is C36H44N4O6. The van der Waals surface area contributed by atoms with Crippen molar-refractivity contribution in [2.24, 2.45) is 5.92 Å². The molecular weight excluding hydrogens is 584 g/mol. The highest BCUT2D eigenvalue weighted by molar-refractivity contribution is 6.23. The maximum Gasteiger partial charge on any atom is 0.323 e. The molecule has 0 aliphatic carbocycles. The second-order valence-electron chi connectivity index (χ2n) is 13.1. The van der Waals surface area contributed by atoms with Gasteiger partial charge in [0, 0.05) is 20.0 Å². The van der Waals surface area contributed by atoms with E-state index in [9.17, 15) is 24.0 Å². The highest BCUT2D eigenvalue weighted by Crippen LogP contribution is 2.28. The van der Waals surface area contributed by atoms with Gasteiger partial charge in [0.25, 0.3) is 11.8 Å². The van der Waals surface area contributed by atoms with Crippen molar-refractivity contribution >= 4 is 40.4 Å². The summed E-state index contributed by atoms with van der Waals surface area (Å²) in [6.45, 7) is 9.07. The number of amides is 4. The summed E-state index contributed by atoms with van der Waals surface area (Å²) in [5.74, 6) is -2.20. The molecule has 3 N–H and O–H groups in total. The summed E-state index contributed by atoms with van der Waals surface area (Å²) in [5.41, 5.74) is 0.704. The molecule has 1 aliphatic rings. The van der Waals surface area contributed by atoms with Crippen LogP contribution in [0, 0.1) is 5.92 Å². The predicted molar refractivity (Wildman–Crippen MR) is 176 cm³/mol. The van der Waals surface area contributed by atoms with E-state index in [0.29, 0.717) is 17.5 Å². The van der Waals surface area contributed by atoms with Crippen LogP contribution in [0.25, 0.3) is 10.8 Å². The first-order chi connectivity index (χ1) is 21.8. The number of hydrogen-bond acceptors (Lipinski definition) is 7. The lowest BCUT2D eigenvalue weighted by molar-refractivity contribution is -0.158. The topological polar surface area (TPSA) is 134 Å². The third-order valence-electron chi connectivity index (χ3n) is 7.76. The molecule has 1 aliphatic heterocycles. The summed E-state index contributed by atoms with van der Waals surface area (Å²) >= 11 is 0. The number of rotatable bonds is 13. The van der Waals surface area contributed by atoms with Crippen molar-refractivity contribution in [1.29, 1.82) is 0 Å². The second kappa shape index (κ2) is 14.7. The molecule has 4 amide bonds. The zero-order chi connectivity index (χ0) is 33.6. The van der Waals surface area contributed by atoms with Gasteiger partial charge >= 0.3 is 5.97 Å². The third kappa shape index (κ3) is 8.57. The molecule has 3 atom stereocenters. The zero-order valence-corrected chi connectivity index (χ0v) is 27.4. The van der Waals surface area contributed by atoms with Gasteiger partial charge in [-0.15, -0.1) is 0 Å². The number of likely N-dealkylation sites (N-methyl/N-ethyl adjacent to an activating group) is 1. The van der Waals surface area contributed by atoms with Crippen molar-refractivity contribution in [3.8, 4) is 0 Å². The molecule has 3 aromatic carbocycles. The first kappa shape index (κ1) is 34.3. The molecule has 0 bridgehead atoms. The third-order valence-corrected chi connectivity index (χ3v) is 7.76. The standard InChI is InChI=1S/C36H44N4O6/c1-22(2)18-29(32(42)39-30(31(41)37-6)19-23-12-8-7-9-13-23)38-28(35(45)46-36(3,4)5)16-17-40-33(43)26-20-24-14-10-11-15-25(24)21-27(26)34(40)44/h7-15,20-22,28-30,38H,16-19H2,1-6H3,(H,37,41)(H,39,42)/t28-,29+,30+/m1/s1. The molecule has 46 heavy (non-hydrogen) atoms. The van der Waals surface area contributed by atoms with Crippen molar-refractivity contribution in [3.63, 3.8) is 0 Å². The number of fused-ring (bicyclic) bond motifs is 2. The number of carbonyl (C=O) groups is 5. The number of nitrogens with zero attached hydrogens (tertiary/aromatic N) is 1. The number of benzene rings is 3. The van der Waals surface area contributed by atoms with Crippen molar-refractivity contribution in [1.82, 2.24) is 20.9 Å². The molecule has 0 radical (unpaired) electrons. The molecule has 10 heteroatoms. The van der Waals surface area contributed by atoms with Crippen molar-refractivity contribution in [3.05, 3.63) is 83.4 Å².